The fraction of sp³-hybridized carbons (Fsp3) is 0.944. The second-order valence-electron chi connectivity index (χ2n) is 8.02. The summed E-state index contributed by atoms with van der Waals surface area (Å²) in [4.78, 5) is 4.42. The third kappa shape index (κ3) is 5.56. The maximum atomic E-state index is 6.08. The van der Waals surface area contributed by atoms with Gasteiger partial charge < -0.3 is 15.4 Å². The van der Waals surface area contributed by atoms with Crippen LogP contribution in [0.5, 0.6) is 0 Å². The fourth-order valence-electron chi connectivity index (χ4n) is 3.91. The van der Waals surface area contributed by atoms with E-state index < -0.39 is 0 Å². The lowest BCUT2D eigenvalue weighted by molar-refractivity contribution is -0.0835. The van der Waals surface area contributed by atoms with Crippen LogP contribution < -0.4 is 10.6 Å². The van der Waals surface area contributed by atoms with Crippen LogP contribution in [0.3, 0.4) is 0 Å². The van der Waals surface area contributed by atoms with Crippen LogP contribution in [0, 0.1) is 11.3 Å². The van der Waals surface area contributed by atoms with Crippen molar-refractivity contribution < 1.29 is 4.74 Å². The first-order valence-corrected chi connectivity index (χ1v) is 10.3. The van der Waals surface area contributed by atoms with Gasteiger partial charge in [0.05, 0.1) is 6.10 Å². The fourth-order valence-corrected chi connectivity index (χ4v) is 4.71. The highest BCUT2D eigenvalue weighted by molar-refractivity contribution is 7.99. The first kappa shape index (κ1) is 18.9. The molecule has 2 rings (SSSR count). The van der Waals surface area contributed by atoms with E-state index in [1.165, 1.54) is 32.1 Å². The lowest BCUT2D eigenvalue weighted by Crippen LogP contribution is -2.49. The summed E-state index contributed by atoms with van der Waals surface area (Å²) in [6.45, 7) is 8.70. The third-order valence-electron chi connectivity index (χ3n) is 5.11. The van der Waals surface area contributed by atoms with Crippen LogP contribution in [0.25, 0.3) is 0 Å². The molecule has 0 amide bonds. The maximum Gasteiger partial charge on any atom is 0.191 e. The van der Waals surface area contributed by atoms with E-state index in [1.54, 1.807) is 0 Å². The summed E-state index contributed by atoms with van der Waals surface area (Å²) in [5.74, 6) is 1.51. The third-order valence-corrected chi connectivity index (χ3v) is 6.21. The molecule has 134 valence electrons. The average Bonchev–Trinajstić information content (AvgIpc) is 2.98. The molecule has 2 aliphatic rings. The quantitative estimate of drug-likeness (QED) is 0.608. The Bertz CT molecular complexity index is 394. The van der Waals surface area contributed by atoms with Gasteiger partial charge in [-0.25, -0.2) is 0 Å². The predicted molar refractivity (Wildman–Crippen MR) is 101 cm³/mol. The summed E-state index contributed by atoms with van der Waals surface area (Å²) in [5, 5.41) is 7.97. The molecule has 1 heterocycles. The van der Waals surface area contributed by atoms with Crippen LogP contribution >= 0.6 is 11.8 Å². The molecule has 0 aromatic heterocycles. The number of nitrogens with zero attached hydrogens (tertiary/aromatic N) is 1. The Morgan fingerprint density at radius 2 is 2.04 bits per heavy atom. The summed E-state index contributed by atoms with van der Waals surface area (Å²) in [6, 6.07) is 0.569. The summed E-state index contributed by atoms with van der Waals surface area (Å²) in [6.07, 6.45) is 8.78. The molecule has 4 atom stereocenters. The van der Waals surface area contributed by atoms with E-state index in [0.29, 0.717) is 18.1 Å². The highest BCUT2D eigenvalue weighted by Crippen LogP contribution is 2.33. The van der Waals surface area contributed by atoms with Crippen LogP contribution in [0.1, 0.15) is 52.9 Å². The molecule has 2 fully saturated rings. The average molecular weight is 342 g/mol. The molecule has 0 aromatic carbocycles. The van der Waals surface area contributed by atoms with Gasteiger partial charge in [0.2, 0.25) is 0 Å². The number of aliphatic imine (C=N–C) groups is 1. The van der Waals surface area contributed by atoms with Crippen LogP contribution in [0.4, 0.5) is 0 Å². The smallest absolute Gasteiger partial charge is 0.191 e. The molecule has 1 saturated carbocycles. The van der Waals surface area contributed by atoms with E-state index in [9.17, 15) is 0 Å². The van der Waals surface area contributed by atoms with Crippen molar-refractivity contribution in [3.05, 3.63) is 0 Å². The second kappa shape index (κ2) is 8.61. The van der Waals surface area contributed by atoms with E-state index in [4.69, 9.17) is 4.74 Å². The van der Waals surface area contributed by atoms with Gasteiger partial charge in [-0.05, 0) is 43.8 Å². The van der Waals surface area contributed by atoms with Crippen LogP contribution in [0.2, 0.25) is 0 Å². The maximum absolute atomic E-state index is 6.08. The zero-order chi connectivity index (χ0) is 16.9. The van der Waals surface area contributed by atoms with Gasteiger partial charge in [-0.1, -0.05) is 20.8 Å². The Kier molecular flexibility index (Phi) is 7.08. The topological polar surface area (TPSA) is 45.7 Å². The molecule has 4 unspecified atom stereocenters. The molecule has 1 saturated heterocycles. The number of thioether (sulfide) groups is 1. The molecule has 1 aliphatic carbocycles. The summed E-state index contributed by atoms with van der Waals surface area (Å²) in [5.41, 5.74) is 0.195. The minimum Gasteiger partial charge on any atom is -0.377 e. The SMILES string of the molecule is CN=C(NCC1CCCOC1C(C)(C)C)NC1CCC(SC)C1. The first-order valence-electron chi connectivity index (χ1n) is 9.05. The van der Waals surface area contributed by atoms with Gasteiger partial charge in [0.25, 0.3) is 0 Å². The zero-order valence-electron chi connectivity index (χ0n) is 15.5. The summed E-state index contributed by atoms with van der Waals surface area (Å²) < 4.78 is 6.08. The van der Waals surface area contributed by atoms with E-state index >= 15 is 0 Å². The number of ether oxygens (including phenoxy) is 1. The van der Waals surface area contributed by atoms with E-state index in [0.717, 1.165) is 24.4 Å². The highest BCUT2D eigenvalue weighted by Gasteiger charge is 2.35. The van der Waals surface area contributed by atoms with Crippen molar-refractivity contribution in [2.24, 2.45) is 16.3 Å². The Labute approximate surface area is 146 Å². The Balaban J connectivity index is 1.82. The molecule has 23 heavy (non-hydrogen) atoms. The van der Waals surface area contributed by atoms with E-state index in [1.807, 2.05) is 18.8 Å². The molecule has 1 aliphatic heterocycles. The van der Waals surface area contributed by atoms with Crippen molar-refractivity contribution in [3.8, 4) is 0 Å². The molecule has 5 heteroatoms. The minimum absolute atomic E-state index is 0.195. The molecule has 0 radical (unpaired) electrons. The number of nitrogens with one attached hydrogen (secondary N) is 2. The number of guanidine groups is 1. The Hall–Kier alpha value is -0.420. The van der Waals surface area contributed by atoms with Gasteiger partial charge >= 0.3 is 0 Å². The van der Waals surface area contributed by atoms with Crippen molar-refractivity contribution >= 4 is 17.7 Å². The van der Waals surface area contributed by atoms with Gasteiger partial charge in [0.1, 0.15) is 0 Å². The Morgan fingerprint density at radius 3 is 2.65 bits per heavy atom. The molecular formula is C18H35N3OS. The van der Waals surface area contributed by atoms with Gasteiger partial charge in [0.15, 0.2) is 5.96 Å². The van der Waals surface area contributed by atoms with Crippen molar-refractivity contribution in [2.75, 3.05) is 26.5 Å². The molecule has 4 nitrogen and oxygen atoms in total. The monoisotopic (exact) mass is 341 g/mol. The molecular weight excluding hydrogens is 306 g/mol. The molecule has 2 N–H and O–H groups in total. The van der Waals surface area contributed by atoms with Crippen LogP contribution in [-0.4, -0.2) is 49.8 Å². The van der Waals surface area contributed by atoms with Crippen molar-refractivity contribution in [3.63, 3.8) is 0 Å². The van der Waals surface area contributed by atoms with Gasteiger partial charge in [0, 0.05) is 37.4 Å². The number of hydrogen-bond donors (Lipinski definition) is 2. The second-order valence-corrected chi connectivity index (χ2v) is 9.16. The standard InChI is InChI=1S/C18H35N3OS/c1-18(2,3)16-13(7-6-10-22-16)12-20-17(19-4)21-14-8-9-15(11-14)23-5/h13-16H,6-12H2,1-5H3,(H2,19,20,21). The molecule has 0 aromatic rings. The lowest BCUT2D eigenvalue weighted by atomic mass is 9.78. The van der Waals surface area contributed by atoms with Crippen LogP contribution in [-0.2, 0) is 4.74 Å². The first-order chi connectivity index (χ1) is 10.9. The minimum atomic E-state index is 0.195. The van der Waals surface area contributed by atoms with Crippen molar-refractivity contribution in [2.45, 2.75) is 70.3 Å². The summed E-state index contributed by atoms with van der Waals surface area (Å²) in [7, 11) is 1.87. The van der Waals surface area contributed by atoms with Crippen molar-refractivity contribution in [1.29, 1.82) is 0 Å². The lowest BCUT2D eigenvalue weighted by Gasteiger charge is -2.40. The van der Waals surface area contributed by atoms with Gasteiger partial charge in [-0.15, -0.1) is 0 Å². The Morgan fingerprint density at radius 1 is 1.26 bits per heavy atom. The molecule has 0 bridgehead atoms. The number of hydrogen-bond acceptors (Lipinski definition) is 3. The number of rotatable bonds is 4. The van der Waals surface area contributed by atoms with Gasteiger partial charge in [-0.2, -0.15) is 11.8 Å². The molecule has 0 spiro atoms. The van der Waals surface area contributed by atoms with E-state index in [-0.39, 0.29) is 5.41 Å². The predicted octanol–water partition coefficient (Wildman–Crippen LogP) is 3.28. The van der Waals surface area contributed by atoms with Gasteiger partial charge in [-0.3, -0.25) is 4.99 Å². The van der Waals surface area contributed by atoms with Crippen LogP contribution in [0.15, 0.2) is 4.99 Å². The highest BCUT2D eigenvalue weighted by atomic mass is 32.2. The zero-order valence-corrected chi connectivity index (χ0v) is 16.3. The normalized spacial score (nSPS) is 32.8. The van der Waals surface area contributed by atoms with E-state index in [2.05, 4.69) is 42.7 Å². The summed E-state index contributed by atoms with van der Waals surface area (Å²) >= 11 is 1.99. The van der Waals surface area contributed by atoms with Crippen molar-refractivity contribution in [1.82, 2.24) is 10.6 Å². The largest absolute Gasteiger partial charge is 0.377 e.